The van der Waals surface area contributed by atoms with E-state index < -0.39 is 24.9 Å². The predicted molar refractivity (Wildman–Crippen MR) is 66.1 cm³/mol. The van der Waals surface area contributed by atoms with Crippen LogP contribution in [-0.2, 0) is 19.7 Å². The van der Waals surface area contributed by atoms with E-state index in [4.69, 9.17) is 0 Å². The average Bonchev–Trinajstić information content (AvgIpc) is 2.13. The Morgan fingerprint density at radius 1 is 1.06 bits per heavy atom. The highest BCUT2D eigenvalue weighted by Gasteiger charge is 2.26. The van der Waals surface area contributed by atoms with Crippen LogP contribution in [0.5, 0.6) is 0 Å². The lowest BCUT2D eigenvalue weighted by atomic mass is 10.2. The van der Waals surface area contributed by atoms with Gasteiger partial charge in [-0.2, -0.15) is 0 Å². The second-order valence-corrected chi connectivity index (χ2v) is 8.79. The molecule has 0 bridgehead atoms. The third-order valence-corrected chi connectivity index (χ3v) is 6.05. The number of nitrogens with one attached hydrogen (secondary N) is 1. The van der Waals surface area contributed by atoms with Gasteiger partial charge in [0, 0.05) is 12.3 Å². The smallest absolute Gasteiger partial charge is 0.155 e. The van der Waals surface area contributed by atoms with Crippen molar-refractivity contribution in [2.75, 3.05) is 24.3 Å². The summed E-state index contributed by atoms with van der Waals surface area (Å²) in [5.41, 5.74) is 0. The molecule has 98 valence electrons. The minimum atomic E-state index is -3.36. The van der Waals surface area contributed by atoms with Crippen LogP contribution in [0.2, 0.25) is 0 Å². The molecular formula is C9H21NO4S2. The number of hydrogen-bond acceptors (Lipinski definition) is 5. The van der Waals surface area contributed by atoms with Crippen molar-refractivity contribution in [2.24, 2.45) is 0 Å². The van der Waals surface area contributed by atoms with E-state index in [1.807, 2.05) is 6.92 Å². The molecule has 0 spiro atoms. The first-order chi connectivity index (χ1) is 7.10. The Kier molecular flexibility index (Phi) is 5.92. The minimum absolute atomic E-state index is 0.172. The summed E-state index contributed by atoms with van der Waals surface area (Å²) in [7, 11) is -6.58. The summed E-state index contributed by atoms with van der Waals surface area (Å²) in [6, 6.07) is -0.172. The van der Waals surface area contributed by atoms with E-state index in [9.17, 15) is 16.8 Å². The van der Waals surface area contributed by atoms with Crippen LogP contribution >= 0.6 is 0 Å². The van der Waals surface area contributed by atoms with Crippen molar-refractivity contribution in [3.05, 3.63) is 0 Å². The van der Waals surface area contributed by atoms with E-state index in [1.54, 1.807) is 13.8 Å². The normalized spacial score (nSPS) is 17.0. The summed E-state index contributed by atoms with van der Waals surface area (Å²) in [5, 5.41) is 2.45. The molecule has 0 aliphatic heterocycles. The second-order valence-electron chi connectivity index (χ2n) is 4.05. The van der Waals surface area contributed by atoms with Gasteiger partial charge in [0.25, 0.3) is 0 Å². The van der Waals surface area contributed by atoms with Gasteiger partial charge in [-0.05, 0) is 20.4 Å². The Labute approximate surface area is 98.5 Å². The Hall–Kier alpha value is -0.140. The fourth-order valence-electron chi connectivity index (χ4n) is 1.25. The van der Waals surface area contributed by atoms with Crippen LogP contribution in [-0.4, -0.2) is 52.4 Å². The molecule has 0 aromatic carbocycles. The Balaban J connectivity index is 4.55. The lowest BCUT2D eigenvalue weighted by Crippen LogP contribution is -2.41. The van der Waals surface area contributed by atoms with Gasteiger partial charge in [-0.15, -0.1) is 0 Å². The van der Waals surface area contributed by atoms with Gasteiger partial charge in [-0.3, -0.25) is 0 Å². The maximum Gasteiger partial charge on any atom is 0.155 e. The van der Waals surface area contributed by atoms with Gasteiger partial charge < -0.3 is 5.32 Å². The van der Waals surface area contributed by atoms with Crippen molar-refractivity contribution in [2.45, 2.75) is 32.1 Å². The summed E-state index contributed by atoms with van der Waals surface area (Å²) in [4.78, 5) is 0. The van der Waals surface area contributed by atoms with Gasteiger partial charge in [0.05, 0.1) is 16.8 Å². The quantitative estimate of drug-likeness (QED) is 0.695. The summed E-state index contributed by atoms with van der Waals surface area (Å²) >= 11 is 0. The molecule has 0 aromatic rings. The molecule has 0 aliphatic carbocycles. The highest BCUT2D eigenvalue weighted by Crippen LogP contribution is 2.07. The standard InChI is InChI=1S/C9H21NO4S2/c1-5-10-8(2)9(3)16(13,14)7-6-15(4,11)12/h8-10H,5-7H2,1-4H3. The molecule has 7 heteroatoms. The zero-order chi connectivity index (χ0) is 13.0. The minimum Gasteiger partial charge on any atom is -0.313 e. The summed E-state index contributed by atoms with van der Waals surface area (Å²) in [6.45, 7) is 5.97. The van der Waals surface area contributed by atoms with E-state index in [0.29, 0.717) is 6.54 Å². The maximum absolute atomic E-state index is 11.8. The topological polar surface area (TPSA) is 80.3 Å². The molecule has 2 unspecified atom stereocenters. The monoisotopic (exact) mass is 271 g/mol. The molecule has 0 heterocycles. The highest BCUT2D eigenvalue weighted by atomic mass is 32.2. The second kappa shape index (κ2) is 5.97. The Morgan fingerprint density at radius 3 is 1.94 bits per heavy atom. The van der Waals surface area contributed by atoms with Crippen molar-refractivity contribution < 1.29 is 16.8 Å². The third kappa shape index (κ3) is 5.81. The Morgan fingerprint density at radius 2 is 1.56 bits per heavy atom. The van der Waals surface area contributed by atoms with Gasteiger partial charge in [0.15, 0.2) is 9.84 Å². The largest absolute Gasteiger partial charge is 0.313 e. The van der Waals surface area contributed by atoms with Crippen LogP contribution in [0.25, 0.3) is 0 Å². The van der Waals surface area contributed by atoms with Gasteiger partial charge in [-0.25, -0.2) is 16.8 Å². The Bertz CT molecular complexity index is 399. The van der Waals surface area contributed by atoms with Crippen molar-refractivity contribution in [3.63, 3.8) is 0 Å². The van der Waals surface area contributed by atoms with Crippen LogP contribution in [0.4, 0.5) is 0 Å². The van der Waals surface area contributed by atoms with E-state index in [2.05, 4.69) is 5.32 Å². The first-order valence-corrected chi connectivity index (χ1v) is 9.00. The average molecular weight is 271 g/mol. The summed E-state index contributed by atoms with van der Waals surface area (Å²) in [6.07, 6.45) is 1.04. The highest BCUT2D eigenvalue weighted by molar-refractivity contribution is 7.95. The lowest BCUT2D eigenvalue weighted by Gasteiger charge is -2.20. The van der Waals surface area contributed by atoms with E-state index in [1.165, 1.54) is 0 Å². The van der Waals surface area contributed by atoms with Crippen molar-refractivity contribution in [1.82, 2.24) is 5.32 Å². The fraction of sp³-hybridized carbons (Fsp3) is 1.00. The molecule has 2 atom stereocenters. The molecule has 0 amide bonds. The van der Waals surface area contributed by atoms with Crippen LogP contribution < -0.4 is 5.32 Å². The molecule has 0 aromatic heterocycles. The lowest BCUT2D eigenvalue weighted by molar-refractivity contribution is 0.521. The first kappa shape index (κ1) is 15.9. The van der Waals surface area contributed by atoms with Crippen LogP contribution in [0, 0.1) is 0 Å². The van der Waals surface area contributed by atoms with Gasteiger partial charge in [-0.1, -0.05) is 6.92 Å². The van der Waals surface area contributed by atoms with Crippen molar-refractivity contribution >= 4 is 19.7 Å². The zero-order valence-corrected chi connectivity index (χ0v) is 11.9. The van der Waals surface area contributed by atoms with E-state index >= 15 is 0 Å². The fourth-order valence-corrected chi connectivity index (χ4v) is 4.48. The van der Waals surface area contributed by atoms with E-state index in [-0.39, 0.29) is 17.5 Å². The number of rotatable bonds is 7. The summed E-state index contributed by atoms with van der Waals surface area (Å²) in [5.74, 6) is -0.610. The molecule has 0 saturated heterocycles. The first-order valence-electron chi connectivity index (χ1n) is 5.23. The third-order valence-electron chi connectivity index (χ3n) is 2.54. The number of sulfone groups is 2. The van der Waals surface area contributed by atoms with Gasteiger partial charge in [0.1, 0.15) is 9.84 Å². The van der Waals surface area contributed by atoms with Gasteiger partial charge >= 0.3 is 0 Å². The number of hydrogen-bond donors (Lipinski definition) is 1. The molecule has 0 aliphatic rings. The molecule has 0 saturated carbocycles. The summed E-state index contributed by atoms with van der Waals surface area (Å²) < 4.78 is 45.4. The molecule has 16 heavy (non-hydrogen) atoms. The SMILES string of the molecule is CCNC(C)C(C)S(=O)(=O)CCS(C)(=O)=O. The van der Waals surface area contributed by atoms with Crippen LogP contribution in [0.15, 0.2) is 0 Å². The molecule has 0 radical (unpaired) electrons. The zero-order valence-electron chi connectivity index (χ0n) is 10.2. The van der Waals surface area contributed by atoms with Crippen LogP contribution in [0.3, 0.4) is 0 Å². The van der Waals surface area contributed by atoms with E-state index in [0.717, 1.165) is 6.26 Å². The van der Waals surface area contributed by atoms with Crippen molar-refractivity contribution in [3.8, 4) is 0 Å². The van der Waals surface area contributed by atoms with Crippen LogP contribution in [0.1, 0.15) is 20.8 Å². The molecule has 0 fully saturated rings. The molecule has 0 rings (SSSR count). The predicted octanol–water partition coefficient (Wildman–Crippen LogP) is -0.168. The molecule has 1 N–H and O–H groups in total. The molecule has 5 nitrogen and oxygen atoms in total. The van der Waals surface area contributed by atoms with Gasteiger partial charge in [0.2, 0.25) is 0 Å². The molecular weight excluding hydrogens is 250 g/mol. The van der Waals surface area contributed by atoms with Crippen molar-refractivity contribution in [1.29, 1.82) is 0 Å². The maximum atomic E-state index is 11.8.